The van der Waals surface area contributed by atoms with Crippen molar-refractivity contribution < 1.29 is 9.36 Å². The molecule has 4 heteroatoms. The van der Waals surface area contributed by atoms with Gasteiger partial charge in [-0.1, -0.05) is 19.1 Å². The van der Waals surface area contributed by atoms with Crippen LogP contribution in [-0.4, -0.2) is 20.0 Å². The summed E-state index contributed by atoms with van der Waals surface area (Å²) in [6, 6.07) is 11.7. The van der Waals surface area contributed by atoms with Gasteiger partial charge in [0.15, 0.2) is 12.4 Å². The van der Waals surface area contributed by atoms with Gasteiger partial charge >= 0.3 is 0 Å². The van der Waals surface area contributed by atoms with Gasteiger partial charge in [0.2, 0.25) is 6.04 Å². The van der Waals surface area contributed by atoms with Crippen LogP contribution in [-0.2, 0) is 11.2 Å². The number of nitrogens with one attached hydrogen (secondary N) is 1. The van der Waals surface area contributed by atoms with Crippen molar-refractivity contribution >= 4 is 17.3 Å². The number of benzene rings is 1. The first kappa shape index (κ1) is 16.0. The van der Waals surface area contributed by atoms with Gasteiger partial charge in [-0.15, -0.1) is 0 Å². The van der Waals surface area contributed by atoms with Crippen LogP contribution in [0.1, 0.15) is 25.5 Å². The molecule has 1 atom stereocenters. The van der Waals surface area contributed by atoms with Crippen LogP contribution in [0.5, 0.6) is 0 Å². The summed E-state index contributed by atoms with van der Waals surface area (Å²) in [5.41, 5.74) is 3.21. The number of rotatable bonds is 5. The summed E-state index contributed by atoms with van der Waals surface area (Å²) in [5, 5.41) is 2.96. The molecule has 0 bridgehead atoms. The maximum Gasteiger partial charge on any atom is 0.293 e. The lowest BCUT2D eigenvalue weighted by Crippen LogP contribution is -2.44. The zero-order valence-corrected chi connectivity index (χ0v) is 13.7. The molecule has 0 saturated heterocycles. The molecule has 2 aromatic rings. The molecule has 1 heterocycles. The van der Waals surface area contributed by atoms with Crippen molar-refractivity contribution in [1.82, 2.24) is 0 Å². The number of nitrogens with zero attached hydrogens (tertiary/aromatic N) is 2. The standard InChI is InChI=1S/C18H23N3O/c1-5-15-6-8-16(9-7-15)19-18(22)14(2)21-12-10-17(11-13-21)20(3)4/h6-14H,5H2,1-4H3/p+1/t14-/m1/s1. The fourth-order valence-electron chi connectivity index (χ4n) is 2.19. The number of carbonyl (C=O) groups excluding carboxylic acids is 1. The van der Waals surface area contributed by atoms with Gasteiger partial charge in [0.25, 0.3) is 5.91 Å². The first-order valence-corrected chi connectivity index (χ1v) is 7.59. The first-order chi connectivity index (χ1) is 10.5. The molecular weight excluding hydrogens is 274 g/mol. The molecule has 1 aromatic heterocycles. The number of amides is 1. The molecule has 1 amide bonds. The molecule has 2 rings (SSSR count). The smallest absolute Gasteiger partial charge is 0.293 e. The van der Waals surface area contributed by atoms with Gasteiger partial charge in [0, 0.05) is 44.5 Å². The number of anilines is 2. The molecule has 0 unspecified atom stereocenters. The zero-order chi connectivity index (χ0) is 16.1. The van der Waals surface area contributed by atoms with Crippen molar-refractivity contribution in [3.8, 4) is 0 Å². The van der Waals surface area contributed by atoms with E-state index >= 15 is 0 Å². The van der Waals surface area contributed by atoms with Crippen LogP contribution in [0.4, 0.5) is 11.4 Å². The molecule has 0 radical (unpaired) electrons. The number of aryl methyl sites for hydroxylation is 1. The van der Waals surface area contributed by atoms with E-state index in [1.807, 2.05) is 79.3 Å². The van der Waals surface area contributed by atoms with E-state index in [4.69, 9.17) is 0 Å². The lowest BCUT2D eigenvalue weighted by atomic mass is 10.1. The predicted molar refractivity (Wildman–Crippen MR) is 90.1 cm³/mol. The lowest BCUT2D eigenvalue weighted by molar-refractivity contribution is -0.705. The summed E-state index contributed by atoms with van der Waals surface area (Å²) >= 11 is 0. The Balaban J connectivity index is 2.04. The summed E-state index contributed by atoms with van der Waals surface area (Å²) in [7, 11) is 3.99. The second-order valence-electron chi connectivity index (χ2n) is 5.61. The number of hydrogen-bond donors (Lipinski definition) is 1. The Morgan fingerprint density at radius 3 is 2.23 bits per heavy atom. The van der Waals surface area contributed by atoms with Crippen LogP contribution >= 0.6 is 0 Å². The van der Waals surface area contributed by atoms with E-state index in [9.17, 15) is 4.79 Å². The average Bonchev–Trinajstić information content (AvgIpc) is 2.55. The highest BCUT2D eigenvalue weighted by Crippen LogP contribution is 2.12. The minimum absolute atomic E-state index is 0.0214. The molecule has 1 N–H and O–H groups in total. The quantitative estimate of drug-likeness (QED) is 0.862. The minimum Gasteiger partial charge on any atom is -0.377 e. The van der Waals surface area contributed by atoms with E-state index in [2.05, 4.69) is 12.2 Å². The Bertz CT molecular complexity index is 618. The normalized spacial score (nSPS) is 11.8. The monoisotopic (exact) mass is 298 g/mol. The molecule has 116 valence electrons. The summed E-state index contributed by atoms with van der Waals surface area (Å²) in [4.78, 5) is 14.4. The van der Waals surface area contributed by atoms with E-state index in [0.717, 1.165) is 17.8 Å². The molecule has 0 spiro atoms. The summed E-state index contributed by atoms with van der Waals surface area (Å²) in [6.45, 7) is 4.01. The molecular formula is C18H24N3O+. The van der Waals surface area contributed by atoms with Crippen molar-refractivity contribution in [2.75, 3.05) is 24.3 Å². The summed E-state index contributed by atoms with van der Waals surface area (Å²) < 4.78 is 1.91. The van der Waals surface area contributed by atoms with Gasteiger partial charge in [-0.05, 0) is 24.1 Å². The molecule has 0 fully saturated rings. The van der Waals surface area contributed by atoms with Crippen LogP contribution in [0.2, 0.25) is 0 Å². The van der Waals surface area contributed by atoms with Crippen molar-refractivity contribution in [2.24, 2.45) is 0 Å². The second-order valence-corrected chi connectivity index (χ2v) is 5.61. The summed E-state index contributed by atoms with van der Waals surface area (Å²) in [6.07, 6.45) is 4.86. The number of aromatic nitrogens is 1. The Hall–Kier alpha value is -2.36. The van der Waals surface area contributed by atoms with Gasteiger partial charge in [-0.25, -0.2) is 0 Å². The predicted octanol–water partition coefficient (Wildman–Crippen LogP) is 2.80. The van der Waals surface area contributed by atoms with E-state index in [1.54, 1.807) is 0 Å². The lowest BCUT2D eigenvalue weighted by Gasteiger charge is -2.12. The van der Waals surface area contributed by atoms with Crippen LogP contribution in [0.3, 0.4) is 0 Å². The molecule has 1 aromatic carbocycles. The third-order valence-electron chi connectivity index (χ3n) is 3.81. The van der Waals surface area contributed by atoms with Gasteiger partial charge in [0.1, 0.15) is 0 Å². The third-order valence-corrected chi connectivity index (χ3v) is 3.81. The number of hydrogen-bond acceptors (Lipinski definition) is 2. The second kappa shape index (κ2) is 7.07. The highest BCUT2D eigenvalue weighted by atomic mass is 16.2. The first-order valence-electron chi connectivity index (χ1n) is 7.59. The van der Waals surface area contributed by atoms with Crippen LogP contribution in [0.25, 0.3) is 0 Å². The van der Waals surface area contributed by atoms with E-state index < -0.39 is 0 Å². The Labute approximate surface area is 132 Å². The topological polar surface area (TPSA) is 36.2 Å². The van der Waals surface area contributed by atoms with Crippen molar-refractivity contribution in [3.63, 3.8) is 0 Å². The Morgan fingerprint density at radius 1 is 1.14 bits per heavy atom. The average molecular weight is 298 g/mol. The van der Waals surface area contributed by atoms with Gasteiger partial charge in [-0.3, -0.25) is 4.79 Å². The number of pyridine rings is 1. The van der Waals surface area contributed by atoms with Crippen LogP contribution in [0, 0.1) is 0 Å². The van der Waals surface area contributed by atoms with Gasteiger partial charge < -0.3 is 10.2 Å². The highest BCUT2D eigenvalue weighted by molar-refractivity contribution is 5.92. The molecule has 0 aliphatic carbocycles. The molecule has 0 saturated carbocycles. The van der Waals surface area contributed by atoms with Crippen LogP contribution in [0.15, 0.2) is 48.8 Å². The Morgan fingerprint density at radius 2 is 1.73 bits per heavy atom. The fourth-order valence-corrected chi connectivity index (χ4v) is 2.19. The van der Waals surface area contributed by atoms with E-state index in [1.165, 1.54) is 5.56 Å². The number of carbonyl (C=O) groups is 1. The van der Waals surface area contributed by atoms with Crippen LogP contribution < -0.4 is 14.8 Å². The summed E-state index contributed by atoms with van der Waals surface area (Å²) in [5.74, 6) is -0.0214. The van der Waals surface area contributed by atoms with Crippen molar-refractivity contribution in [3.05, 3.63) is 54.4 Å². The minimum atomic E-state index is -0.262. The molecule has 4 nitrogen and oxygen atoms in total. The molecule has 0 aliphatic rings. The van der Waals surface area contributed by atoms with Gasteiger partial charge in [0.05, 0.1) is 0 Å². The zero-order valence-electron chi connectivity index (χ0n) is 13.7. The van der Waals surface area contributed by atoms with Gasteiger partial charge in [-0.2, -0.15) is 4.57 Å². The molecule has 0 aliphatic heterocycles. The fraction of sp³-hybridized carbons (Fsp3) is 0.333. The Kier molecular flexibility index (Phi) is 5.15. The highest BCUT2D eigenvalue weighted by Gasteiger charge is 2.21. The maximum absolute atomic E-state index is 12.3. The largest absolute Gasteiger partial charge is 0.377 e. The SMILES string of the molecule is CCc1ccc(NC(=O)[C@@H](C)[n+]2ccc(N(C)C)cc2)cc1. The maximum atomic E-state index is 12.3. The molecule has 22 heavy (non-hydrogen) atoms. The van der Waals surface area contributed by atoms with E-state index in [0.29, 0.717) is 0 Å². The van der Waals surface area contributed by atoms with E-state index in [-0.39, 0.29) is 11.9 Å². The third kappa shape index (κ3) is 3.85. The van der Waals surface area contributed by atoms with Crippen molar-refractivity contribution in [2.45, 2.75) is 26.3 Å². The van der Waals surface area contributed by atoms with Crippen molar-refractivity contribution in [1.29, 1.82) is 0 Å².